The highest BCUT2D eigenvalue weighted by molar-refractivity contribution is 6.30. The highest BCUT2D eigenvalue weighted by atomic mass is 35.5. The van der Waals surface area contributed by atoms with E-state index in [-0.39, 0.29) is 17.7 Å². The number of aryl methyl sites for hydroxylation is 2. The third-order valence-electron chi connectivity index (χ3n) is 4.45. The van der Waals surface area contributed by atoms with Crippen molar-refractivity contribution in [3.63, 3.8) is 0 Å². The largest absolute Gasteiger partial charge is 0.359 e. The van der Waals surface area contributed by atoms with Gasteiger partial charge in [-0.2, -0.15) is 0 Å². The maximum Gasteiger partial charge on any atom is 0.253 e. The standard InChI is InChI=1S/C18H20ClN3O3/c1-11-16(12(2)25-21-11)20-17(23)14-4-3-9-22(10-14)18(24)13-5-7-15(19)8-6-13/h5-8,14H,3-4,9-10H2,1-2H3,(H,20,23). The lowest BCUT2D eigenvalue weighted by atomic mass is 9.96. The second-order valence-corrected chi connectivity index (χ2v) is 6.72. The van der Waals surface area contributed by atoms with E-state index in [2.05, 4.69) is 10.5 Å². The minimum atomic E-state index is -0.251. The molecule has 3 rings (SSSR count). The van der Waals surface area contributed by atoms with E-state index < -0.39 is 0 Å². The summed E-state index contributed by atoms with van der Waals surface area (Å²) in [4.78, 5) is 26.9. The molecule has 7 heteroatoms. The van der Waals surface area contributed by atoms with E-state index in [4.69, 9.17) is 16.1 Å². The number of nitrogens with one attached hydrogen (secondary N) is 1. The van der Waals surface area contributed by atoms with E-state index in [0.29, 0.717) is 40.8 Å². The number of benzene rings is 1. The molecule has 2 amide bonds. The van der Waals surface area contributed by atoms with Crippen LogP contribution in [0.5, 0.6) is 0 Å². The molecule has 6 nitrogen and oxygen atoms in total. The molecule has 0 bridgehead atoms. The van der Waals surface area contributed by atoms with Gasteiger partial charge in [0.25, 0.3) is 5.91 Å². The third-order valence-corrected chi connectivity index (χ3v) is 4.70. The highest BCUT2D eigenvalue weighted by Gasteiger charge is 2.29. The number of rotatable bonds is 3. The molecular formula is C18H20ClN3O3. The molecule has 2 aromatic rings. The van der Waals surface area contributed by atoms with Crippen LogP contribution >= 0.6 is 11.6 Å². The molecule has 1 unspecified atom stereocenters. The van der Waals surface area contributed by atoms with Crippen LogP contribution in [-0.2, 0) is 4.79 Å². The normalized spacial score (nSPS) is 17.4. The van der Waals surface area contributed by atoms with Crippen LogP contribution < -0.4 is 5.32 Å². The first-order valence-electron chi connectivity index (χ1n) is 8.24. The first kappa shape index (κ1) is 17.5. The van der Waals surface area contributed by atoms with Gasteiger partial charge in [-0.1, -0.05) is 16.8 Å². The number of aromatic nitrogens is 1. The van der Waals surface area contributed by atoms with Gasteiger partial charge in [0.2, 0.25) is 5.91 Å². The lowest BCUT2D eigenvalue weighted by molar-refractivity contribution is -0.121. The Balaban J connectivity index is 1.67. The monoisotopic (exact) mass is 361 g/mol. The number of hydrogen-bond acceptors (Lipinski definition) is 4. The predicted octanol–water partition coefficient (Wildman–Crippen LogP) is 3.44. The van der Waals surface area contributed by atoms with Gasteiger partial charge in [-0.25, -0.2) is 0 Å². The fourth-order valence-corrected chi connectivity index (χ4v) is 3.16. The zero-order valence-electron chi connectivity index (χ0n) is 14.2. The first-order chi connectivity index (χ1) is 12.0. The minimum absolute atomic E-state index is 0.0773. The van der Waals surface area contributed by atoms with Crippen molar-refractivity contribution in [1.82, 2.24) is 10.1 Å². The minimum Gasteiger partial charge on any atom is -0.359 e. The van der Waals surface area contributed by atoms with Gasteiger partial charge in [0.1, 0.15) is 11.4 Å². The number of nitrogens with zero attached hydrogens (tertiary/aromatic N) is 2. The summed E-state index contributed by atoms with van der Waals surface area (Å²) >= 11 is 5.87. The number of amides is 2. The average Bonchev–Trinajstić information content (AvgIpc) is 2.94. The van der Waals surface area contributed by atoms with Crippen LogP contribution in [-0.4, -0.2) is 35.0 Å². The fraction of sp³-hybridized carbons (Fsp3) is 0.389. The third kappa shape index (κ3) is 3.85. The Morgan fingerprint density at radius 2 is 2.00 bits per heavy atom. The van der Waals surface area contributed by atoms with Gasteiger partial charge in [-0.3, -0.25) is 9.59 Å². The Bertz CT molecular complexity index is 766. The van der Waals surface area contributed by atoms with Crippen molar-refractivity contribution in [3.8, 4) is 0 Å². The Morgan fingerprint density at radius 3 is 2.64 bits per heavy atom. The van der Waals surface area contributed by atoms with Crippen molar-refractivity contribution in [3.05, 3.63) is 46.3 Å². The van der Waals surface area contributed by atoms with Crippen molar-refractivity contribution in [2.75, 3.05) is 18.4 Å². The topological polar surface area (TPSA) is 75.4 Å². The summed E-state index contributed by atoms with van der Waals surface area (Å²) in [5.41, 5.74) is 1.85. The van der Waals surface area contributed by atoms with Crippen LogP contribution in [0.15, 0.2) is 28.8 Å². The second kappa shape index (κ2) is 7.27. The molecule has 1 fully saturated rings. The van der Waals surface area contributed by atoms with E-state index in [1.165, 1.54) is 0 Å². The molecular weight excluding hydrogens is 342 g/mol. The number of anilines is 1. The van der Waals surface area contributed by atoms with Crippen molar-refractivity contribution >= 4 is 29.1 Å². The first-order valence-corrected chi connectivity index (χ1v) is 8.62. The molecule has 0 aliphatic carbocycles. The summed E-state index contributed by atoms with van der Waals surface area (Å²) in [5, 5.41) is 7.31. The SMILES string of the molecule is Cc1noc(C)c1NC(=O)C1CCCN(C(=O)c2ccc(Cl)cc2)C1. The Kier molecular flexibility index (Phi) is 5.08. The lowest BCUT2D eigenvalue weighted by Crippen LogP contribution is -2.43. The van der Waals surface area contributed by atoms with Crippen molar-refractivity contribution in [2.24, 2.45) is 5.92 Å². The van der Waals surface area contributed by atoms with Crippen LogP contribution in [0.4, 0.5) is 5.69 Å². The summed E-state index contributed by atoms with van der Waals surface area (Å²) in [6, 6.07) is 6.80. The van der Waals surface area contributed by atoms with Crippen LogP contribution in [0.3, 0.4) is 0 Å². The van der Waals surface area contributed by atoms with E-state index >= 15 is 0 Å². The van der Waals surface area contributed by atoms with Crippen molar-refractivity contribution in [1.29, 1.82) is 0 Å². The number of halogens is 1. The number of carbonyl (C=O) groups is 2. The molecule has 1 aromatic heterocycles. The molecule has 2 heterocycles. The molecule has 1 atom stereocenters. The highest BCUT2D eigenvalue weighted by Crippen LogP contribution is 2.24. The van der Waals surface area contributed by atoms with Gasteiger partial charge in [-0.05, 0) is 51.0 Å². The second-order valence-electron chi connectivity index (χ2n) is 6.29. The maximum atomic E-state index is 12.6. The van der Waals surface area contributed by atoms with Crippen LogP contribution in [0, 0.1) is 19.8 Å². The molecule has 0 saturated carbocycles. The van der Waals surface area contributed by atoms with E-state index in [1.807, 2.05) is 0 Å². The molecule has 1 N–H and O–H groups in total. The molecule has 1 aliphatic rings. The molecule has 1 aromatic carbocycles. The maximum absolute atomic E-state index is 12.6. The van der Waals surface area contributed by atoms with Gasteiger partial charge >= 0.3 is 0 Å². The Morgan fingerprint density at radius 1 is 1.28 bits per heavy atom. The summed E-state index contributed by atoms with van der Waals surface area (Å²) in [7, 11) is 0. The van der Waals surface area contributed by atoms with E-state index in [1.54, 1.807) is 43.0 Å². The molecule has 0 spiro atoms. The molecule has 132 valence electrons. The summed E-state index contributed by atoms with van der Waals surface area (Å²) in [6.45, 7) is 4.59. The summed E-state index contributed by atoms with van der Waals surface area (Å²) in [5.74, 6) is 0.143. The zero-order chi connectivity index (χ0) is 18.0. The number of piperidine rings is 1. The summed E-state index contributed by atoms with van der Waals surface area (Å²) in [6.07, 6.45) is 1.54. The van der Waals surface area contributed by atoms with Gasteiger partial charge < -0.3 is 14.7 Å². The smallest absolute Gasteiger partial charge is 0.253 e. The van der Waals surface area contributed by atoms with Gasteiger partial charge in [0, 0.05) is 23.7 Å². The number of carbonyl (C=O) groups excluding carboxylic acids is 2. The van der Waals surface area contributed by atoms with Gasteiger partial charge in [0.05, 0.1) is 5.92 Å². The van der Waals surface area contributed by atoms with Crippen LogP contribution in [0.2, 0.25) is 5.02 Å². The fourth-order valence-electron chi connectivity index (χ4n) is 3.04. The van der Waals surface area contributed by atoms with E-state index in [0.717, 1.165) is 12.8 Å². The predicted molar refractivity (Wildman–Crippen MR) is 94.7 cm³/mol. The van der Waals surface area contributed by atoms with Crippen LogP contribution in [0.1, 0.15) is 34.7 Å². The van der Waals surface area contributed by atoms with E-state index in [9.17, 15) is 9.59 Å². The summed E-state index contributed by atoms with van der Waals surface area (Å²) < 4.78 is 5.07. The molecule has 1 aliphatic heterocycles. The molecule has 0 radical (unpaired) electrons. The molecule has 25 heavy (non-hydrogen) atoms. The van der Waals surface area contributed by atoms with Crippen molar-refractivity contribution < 1.29 is 14.1 Å². The number of hydrogen-bond donors (Lipinski definition) is 1. The van der Waals surface area contributed by atoms with Gasteiger partial charge in [-0.15, -0.1) is 0 Å². The Labute approximate surface area is 151 Å². The number of likely N-dealkylation sites (tertiary alicyclic amines) is 1. The van der Waals surface area contributed by atoms with Gasteiger partial charge in [0.15, 0.2) is 5.76 Å². The van der Waals surface area contributed by atoms with Crippen LogP contribution in [0.25, 0.3) is 0 Å². The molecule has 1 saturated heterocycles. The lowest BCUT2D eigenvalue weighted by Gasteiger charge is -2.32. The zero-order valence-corrected chi connectivity index (χ0v) is 15.0. The Hall–Kier alpha value is -2.34. The van der Waals surface area contributed by atoms with Crippen molar-refractivity contribution in [2.45, 2.75) is 26.7 Å². The quantitative estimate of drug-likeness (QED) is 0.908. The average molecular weight is 362 g/mol.